The number of rotatable bonds is 6. The van der Waals surface area contributed by atoms with E-state index in [0.29, 0.717) is 24.7 Å². The Labute approximate surface area is 241 Å². The molecule has 2 heterocycles. The van der Waals surface area contributed by atoms with E-state index in [-0.39, 0.29) is 35.9 Å². The number of hydrogen-bond acceptors (Lipinski definition) is 10. The second kappa shape index (κ2) is 10.6. The van der Waals surface area contributed by atoms with Crippen molar-refractivity contribution in [1.82, 2.24) is 0 Å². The summed E-state index contributed by atoms with van der Waals surface area (Å²) >= 11 is 0. The van der Waals surface area contributed by atoms with Gasteiger partial charge in [-0.2, -0.15) is 0 Å². The summed E-state index contributed by atoms with van der Waals surface area (Å²) in [7, 11) is 1.47. The van der Waals surface area contributed by atoms with Crippen molar-refractivity contribution >= 4 is 12.4 Å². The van der Waals surface area contributed by atoms with Gasteiger partial charge >= 0.3 is 5.97 Å². The summed E-state index contributed by atoms with van der Waals surface area (Å²) < 4.78 is 28.4. The van der Waals surface area contributed by atoms with Gasteiger partial charge in [0.1, 0.15) is 31.0 Å². The number of carbonyl (C=O) groups is 2. The average molecular weight is 579 g/mol. The van der Waals surface area contributed by atoms with Crippen LogP contribution in [0, 0.1) is 34.5 Å². The Kier molecular flexibility index (Phi) is 7.60. The fourth-order valence-corrected chi connectivity index (χ4v) is 10.3. The number of carbonyl (C=O) groups excluding carboxylic acids is 2. The zero-order chi connectivity index (χ0) is 29.3. The van der Waals surface area contributed by atoms with Gasteiger partial charge in [0.05, 0.1) is 17.8 Å². The summed E-state index contributed by atoms with van der Waals surface area (Å²) in [5.74, 6) is 0.156. The highest BCUT2D eigenvalue weighted by Crippen LogP contribution is 2.70. The van der Waals surface area contributed by atoms with E-state index >= 15 is 0 Å². The molecule has 0 bridgehead atoms. The SMILES string of the molecule is CO[C@@H]1[C@@H](O)[C@H](O[C@H]2CC[C@@]3(C)[C@H](CC[C@@H]4[C@@H]3CC[C@]3(C)[C@@H](C5=CC(=O)OC5)[C@@H](OC=O)C[C@]43O)C2)O[C@H](C)[C@H]1O. The van der Waals surface area contributed by atoms with Gasteiger partial charge in [-0.05, 0) is 80.6 Å². The first-order valence-corrected chi connectivity index (χ1v) is 15.4. The molecule has 4 aliphatic carbocycles. The predicted octanol–water partition coefficient (Wildman–Crippen LogP) is 2.26. The summed E-state index contributed by atoms with van der Waals surface area (Å²) in [4.78, 5) is 23.5. The van der Waals surface area contributed by atoms with Crippen molar-refractivity contribution in [3.05, 3.63) is 11.6 Å². The highest BCUT2D eigenvalue weighted by molar-refractivity contribution is 5.85. The maximum absolute atomic E-state index is 12.6. The van der Waals surface area contributed by atoms with Gasteiger partial charge < -0.3 is 39.0 Å². The van der Waals surface area contributed by atoms with Crippen LogP contribution in [0.25, 0.3) is 0 Å². The van der Waals surface area contributed by atoms with E-state index in [9.17, 15) is 24.9 Å². The fraction of sp³-hybridized carbons (Fsp3) is 0.871. The van der Waals surface area contributed by atoms with Crippen molar-refractivity contribution < 1.29 is 48.6 Å². The highest BCUT2D eigenvalue weighted by Gasteiger charge is 2.71. The molecule has 0 radical (unpaired) electrons. The van der Waals surface area contributed by atoms with Gasteiger partial charge in [-0.25, -0.2) is 4.79 Å². The molecule has 5 fully saturated rings. The number of cyclic esters (lactones) is 1. The molecule has 41 heavy (non-hydrogen) atoms. The molecule has 1 saturated heterocycles. The summed E-state index contributed by atoms with van der Waals surface area (Å²) in [5, 5.41) is 33.7. The molecule has 0 aromatic rings. The van der Waals surface area contributed by atoms with Gasteiger partial charge in [-0.3, -0.25) is 4.79 Å². The molecular weight excluding hydrogens is 532 g/mol. The number of ether oxygens (including phenoxy) is 5. The molecule has 0 aromatic carbocycles. The van der Waals surface area contributed by atoms with Gasteiger partial charge in [0.15, 0.2) is 6.29 Å². The average Bonchev–Trinajstić information content (AvgIpc) is 3.45. The lowest BCUT2D eigenvalue weighted by Gasteiger charge is -2.63. The summed E-state index contributed by atoms with van der Waals surface area (Å²) in [6, 6.07) is 0. The molecular formula is C31H46O10. The predicted molar refractivity (Wildman–Crippen MR) is 144 cm³/mol. The molecule has 14 atom stereocenters. The molecule has 3 N–H and O–H groups in total. The third-order valence-corrected chi connectivity index (χ3v) is 12.5. The van der Waals surface area contributed by atoms with E-state index < -0.39 is 47.8 Å². The molecule has 230 valence electrons. The van der Waals surface area contributed by atoms with Crippen LogP contribution in [0.3, 0.4) is 0 Å². The zero-order valence-corrected chi connectivity index (χ0v) is 24.6. The van der Waals surface area contributed by atoms with Crippen LogP contribution in [0.1, 0.15) is 72.1 Å². The van der Waals surface area contributed by atoms with Crippen molar-refractivity contribution in [3.63, 3.8) is 0 Å². The molecule has 6 rings (SSSR count). The Morgan fingerprint density at radius 3 is 2.54 bits per heavy atom. The smallest absolute Gasteiger partial charge is 0.331 e. The van der Waals surface area contributed by atoms with E-state index in [0.717, 1.165) is 50.5 Å². The maximum atomic E-state index is 12.6. The number of hydrogen-bond donors (Lipinski definition) is 3. The largest absolute Gasteiger partial charge is 0.464 e. The van der Waals surface area contributed by atoms with Gasteiger partial charge in [0, 0.05) is 30.9 Å². The van der Waals surface area contributed by atoms with E-state index in [4.69, 9.17) is 23.7 Å². The van der Waals surface area contributed by atoms with Crippen molar-refractivity contribution in [2.24, 2.45) is 34.5 Å². The highest BCUT2D eigenvalue weighted by atomic mass is 16.7. The minimum Gasteiger partial charge on any atom is -0.464 e. The van der Waals surface area contributed by atoms with Crippen LogP contribution in [0.5, 0.6) is 0 Å². The minimum absolute atomic E-state index is 0.0230. The molecule has 0 aromatic heterocycles. The van der Waals surface area contributed by atoms with Gasteiger partial charge in [-0.15, -0.1) is 0 Å². The van der Waals surface area contributed by atoms with Crippen LogP contribution in [0.4, 0.5) is 0 Å². The third kappa shape index (κ3) is 4.42. The Hall–Kier alpha value is -1.56. The second-order valence-corrected chi connectivity index (χ2v) is 14.1. The van der Waals surface area contributed by atoms with E-state index in [1.54, 1.807) is 6.92 Å². The lowest BCUT2D eigenvalue weighted by atomic mass is 9.43. The number of aliphatic hydroxyl groups excluding tert-OH is 2. The topological polar surface area (TPSA) is 141 Å². The van der Waals surface area contributed by atoms with Crippen molar-refractivity contribution in [2.75, 3.05) is 13.7 Å². The lowest BCUT2D eigenvalue weighted by Crippen LogP contribution is -2.62. The Morgan fingerprint density at radius 2 is 1.85 bits per heavy atom. The van der Waals surface area contributed by atoms with Crippen LogP contribution in [-0.2, 0) is 33.3 Å². The summed E-state index contributed by atoms with van der Waals surface area (Å²) in [6.07, 6.45) is 3.37. The number of aliphatic hydroxyl groups is 3. The first-order valence-electron chi connectivity index (χ1n) is 15.4. The summed E-state index contributed by atoms with van der Waals surface area (Å²) in [6.45, 7) is 6.91. The van der Waals surface area contributed by atoms with Crippen LogP contribution in [0.15, 0.2) is 11.6 Å². The number of esters is 1. The first-order chi connectivity index (χ1) is 19.5. The molecule has 10 heteroatoms. The monoisotopic (exact) mass is 578 g/mol. The second-order valence-electron chi connectivity index (χ2n) is 14.1. The molecule has 10 nitrogen and oxygen atoms in total. The molecule has 0 unspecified atom stereocenters. The van der Waals surface area contributed by atoms with Gasteiger partial charge in [0.25, 0.3) is 6.47 Å². The van der Waals surface area contributed by atoms with Crippen molar-refractivity contribution in [3.8, 4) is 0 Å². The third-order valence-electron chi connectivity index (χ3n) is 12.5. The molecule has 0 amide bonds. The Bertz CT molecular complexity index is 1060. The first kappa shape index (κ1) is 29.5. The van der Waals surface area contributed by atoms with Gasteiger partial charge in [-0.1, -0.05) is 13.8 Å². The molecule has 2 aliphatic heterocycles. The minimum atomic E-state index is -1.08. The zero-order valence-electron chi connectivity index (χ0n) is 24.6. The molecule has 6 aliphatic rings. The lowest BCUT2D eigenvalue weighted by molar-refractivity contribution is -0.313. The normalized spacial score (nSPS) is 53.0. The van der Waals surface area contributed by atoms with Crippen molar-refractivity contribution in [1.29, 1.82) is 0 Å². The fourth-order valence-electron chi connectivity index (χ4n) is 10.3. The van der Waals surface area contributed by atoms with Crippen LogP contribution >= 0.6 is 0 Å². The van der Waals surface area contributed by atoms with E-state index in [1.807, 2.05) is 0 Å². The van der Waals surface area contributed by atoms with Crippen LogP contribution < -0.4 is 0 Å². The van der Waals surface area contributed by atoms with E-state index in [1.165, 1.54) is 13.2 Å². The Balaban J connectivity index is 1.19. The Morgan fingerprint density at radius 1 is 1.07 bits per heavy atom. The molecule has 4 saturated carbocycles. The number of methoxy groups -OCH3 is 1. The van der Waals surface area contributed by atoms with Crippen LogP contribution in [0.2, 0.25) is 0 Å². The molecule has 0 spiro atoms. The number of fused-ring (bicyclic) bond motifs is 5. The summed E-state index contributed by atoms with van der Waals surface area (Å²) in [5.41, 5.74) is -0.705. The van der Waals surface area contributed by atoms with Gasteiger partial charge in [0.2, 0.25) is 0 Å². The van der Waals surface area contributed by atoms with Crippen molar-refractivity contribution in [2.45, 2.75) is 121 Å². The standard InChI is InChI=1S/C31H46O10/c1-16-25(34)27(37-4)26(35)28(40-16)41-19-7-9-29(2)18(12-19)5-6-21-20(29)8-10-30(3)24(17-11-23(33)38-14-17)22(39-15-32)13-31(21,30)36/h11,15-16,18-22,24-28,34-36H,5-10,12-14H2,1-4H3/t16-,18-,19+,20+,21-,22+,24+,25-,26-,27+,28+,29+,30-,31+/m1/s1. The maximum Gasteiger partial charge on any atom is 0.331 e. The van der Waals surface area contributed by atoms with Crippen LogP contribution in [-0.4, -0.2) is 90.0 Å². The van der Waals surface area contributed by atoms with E-state index in [2.05, 4.69) is 13.8 Å². The quantitative estimate of drug-likeness (QED) is 0.244.